The number of para-hydroxylation sites is 1. The number of amides is 2. The van der Waals surface area contributed by atoms with Gasteiger partial charge in [0.05, 0.1) is 23.7 Å². The molecule has 4 aromatic carbocycles. The second kappa shape index (κ2) is 14.0. The molecule has 0 fully saturated rings. The number of ether oxygens (including phenoxy) is 1. The van der Waals surface area contributed by atoms with Crippen molar-refractivity contribution in [2.24, 2.45) is 0 Å². The highest BCUT2D eigenvalue weighted by Crippen LogP contribution is 2.32. The second-order valence-corrected chi connectivity index (χ2v) is 12.7. The number of rotatable bonds is 10. The molecule has 0 aliphatic rings. The molecule has 244 valence electrons. The molecule has 2 heterocycles. The summed E-state index contributed by atoms with van der Waals surface area (Å²) in [5.74, 6) is 1.98. The van der Waals surface area contributed by atoms with Crippen molar-refractivity contribution in [1.29, 1.82) is 0 Å². The summed E-state index contributed by atoms with van der Waals surface area (Å²) in [6, 6.07) is 33.3. The van der Waals surface area contributed by atoms with Crippen molar-refractivity contribution in [1.82, 2.24) is 19.7 Å². The predicted molar refractivity (Wildman–Crippen MR) is 194 cm³/mol. The van der Waals surface area contributed by atoms with Gasteiger partial charge >= 0.3 is 6.03 Å². The standard InChI is InChI=1S/C39H41N7O2/c1-6-45(29-12-8-7-9-13-29)37-40-24-22-28(41-37)23-25-48-34-21-20-33(31-14-10-11-15-32(31)34)42-38(47)43-36-26-35(39(3,4)5)44-46(36)30-18-16-27(2)17-19-30/h7-22,24,26H,6,23,25H2,1-5H3,(H2,42,43,47). The van der Waals surface area contributed by atoms with Crippen molar-refractivity contribution in [3.05, 3.63) is 126 Å². The van der Waals surface area contributed by atoms with Crippen molar-refractivity contribution in [2.45, 2.75) is 46.5 Å². The van der Waals surface area contributed by atoms with Crippen LogP contribution in [0.25, 0.3) is 16.5 Å². The molecule has 9 nitrogen and oxygen atoms in total. The van der Waals surface area contributed by atoms with Crippen LogP contribution in [0.15, 0.2) is 109 Å². The summed E-state index contributed by atoms with van der Waals surface area (Å²) in [7, 11) is 0. The van der Waals surface area contributed by atoms with Crippen LogP contribution in [0.4, 0.5) is 27.9 Å². The largest absolute Gasteiger partial charge is 0.493 e. The van der Waals surface area contributed by atoms with E-state index >= 15 is 0 Å². The fourth-order valence-electron chi connectivity index (χ4n) is 5.46. The van der Waals surface area contributed by atoms with Gasteiger partial charge in [0.1, 0.15) is 11.6 Å². The van der Waals surface area contributed by atoms with Gasteiger partial charge in [-0.3, -0.25) is 5.32 Å². The third-order valence-electron chi connectivity index (χ3n) is 8.07. The van der Waals surface area contributed by atoms with Gasteiger partial charge < -0.3 is 15.0 Å². The lowest BCUT2D eigenvalue weighted by Crippen LogP contribution is -2.21. The number of anilines is 4. The maximum absolute atomic E-state index is 13.4. The van der Waals surface area contributed by atoms with Gasteiger partial charge in [-0.15, -0.1) is 0 Å². The van der Waals surface area contributed by atoms with Gasteiger partial charge in [-0.25, -0.2) is 19.4 Å². The summed E-state index contributed by atoms with van der Waals surface area (Å²) in [5.41, 5.74) is 5.33. The molecule has 48 heavy (non-hydrogen) atoms. The van der Waals surface area contributed by atoms with E-state index < -0.39 is 0 Å². The number of urea groups is 1. The van der Waals surface area contributed by atoms with Gasteiger partial charge in [-0.2, -0.15) is 5.10 Å². The fourth-order valence-corrected chi connectivity index (χ4v) is 5.46. The molecule has 9 heteroatoms. The van der Waals surface area contributed by atoms with Gasteiger partial charge in [0, 0.05) is 52.8 Å². The molecular weight excluding hydrogens is 598 g/mol. The van der Waals surface area contributed by atoms with E-state index in [1.54, 1.807) is 10.9 Å². The number of aryl methyl sites for hydroxylation is 1. The average Bonchev–Trinajstić information content (AvgIpc) is 3.51. The van der Waals surface area contributed by atoms with E-state index in [1.807, 2.05) is 97.9 Å². The highest BCUT2D eigenvalue weighted by atomic mass is 16.5. The first-order valence-electron chi connectivity index (χ1n) is 16.2. The van der Waals surface area contributed by atoms with Crippen LogP contribution in [0.1, 0.15) is 44.6 Å². The summed E-state index contributed by atoms with van der Waals surface area (Å²) in [6.45, 7) is 11.6. The molecule has 0 atom stereocenters. The smallest absolute Gasteiger partial charge is 0.324 e. The predicted octanol–water partition coefficient (Wildman–Crippen LogP) is 8.84. The van der Waals surface area contributed by atoms with Crippen LogP contribution >= 0.6 is 0 Å². The van der Waals surface area contributed by atoms with E-state index in [-0.39, 0.29) is 11.4 Å². The second-order valence-electron chi connectivity index (χ2n) is 12.7. The lowest BCUT2D eigenvalue weighted by Gasteiger charge is -2.21. The first-order chi connectivity index (χ1) is 23.2. The lowest BCUT2D eigenvalue weighted by atomic mass is 9.92. The SMILES string of the molecule is CCN(c1ccccc1)c1nccc(CCOc2ccc(NC(=O)Nc3cc(C(C)(C)C)nn3-c3ccc(C)cc3)c3ccccc23)n1. The number of hydrogen-bond acceptors (Lipinski definition) is 6. The van der Waals surface area contributed by atoms with Gasteiger partial charge in [0.15, 0.2) is 0 Å². The number of aromatic nitrogens is 4. The first-order valence-corrected chi connectivity index (χ1v) is 16.2. The van der Waals surface area contributed by atoms with Crippen LogP contribution in [0, 0.1) is 6.92 Å². The highest BCUT2D eigenvalue weighted by Gasteiger charge is 2.22. The summed E-state index contributed by atoms with van der Waals surface area (Å²) < 4.78 is 8.06. The number of fused-ring (bicyclic) bond motifs is 1. The van der Waals surface area contributed by atoms with Crippen molar-refractivity contribution in [2.75, 3.05) is 28.7 Å². The lowest BCUT2D eigenvalue weighted by molar-refractivity contribution is 0.262. The monoisotopic (exact) mass is 639 g/mol. The van der Waals surface area contributed by atoms with E-state index in [2.05, 4.69) is 60.3 Å². The van der Waals surface area contributed by atoms with Crippen LogP contribution in [-0.2, 0) is 11.8 Å². The van der Waals surface area contributed by atoms with Gasteiger partial charge in [0.25, 0.3) is 0 Å². The molecule has 2 amide bonds. The molecule has 0 saturated heterocycles. The number of carbonyl (C=O) groups is 1. The summed E-state index contributed by atoms with van der Waals surface area (Å²) in [4.78, 5) is 24.8. The molecule has 6 rings (SSSR count). The minimum atomic E-state index is -0.362. The molecule has 0 aliphatic heterocycles. The van der Waals surface area contributed by atoms with Crippen LogP contribution < -0.4 is 20.3 Å². The maximum atomic E-state index is 13.4. The Balaban J connectivity index is 1.16. The van der Waals surface area contributed by atoms with Crippen molar-refractivity contribution in [3.8, 4) is 11.4 Å². The number of nitrogens with one attached hydrogen (secondary N) is 2. The Morgan fingerprint density at radius 1 is 0.875 bits per heavy atom. The fraction of sp³-hybridized carbons (Fsp3) is 0.231. The molecule has 0 radical (unpaired) electrons. The zero-order valence-corrected chi connectivity index (χ0v) is 28.1. The molecule has 0 saturated carbocycles. The summed E-state index contributed by atoms with van der Waals surface area (Å²) in [5, 5.41) is 12.7. The molecule has 0 unspecified atom stereocenters. The topological polar surface area (TPSA) is 97.2 Å². The summed E-state index contributed by atoms with van der Waals surface area (Å²) in [6.07, 6.45) is 2.41. The van der Waals surface area contributed by atoms with Crippen molar-refractivity contribution >= 4 is 39.9 Å². The van der Waals surface area contributed by atoms with E-state index in [1.165, 1.54) is 0 Å². The number of carbonyl (C=O) groups excluding carboxylic acids is 1. The Hall–Kier alpha value is -5.70. The maximum Gasteiger partial charge on any atom is 0.324 e. The average molecular weight is 640 g/mol. The minimum absolute atomic E-state index is 0.192. The number of nitrogens with zero attached hydrogens (tertiary/aromatic N) is 5. The van der Waals surface area contributed by atoms with Crippen molar-refractivity contribution in [3.63, 3.8) is 0 Å². The highest BCUT2D eigenvalue weighted by molar-refractivity contribution is 6.07. The summed E-state index contributed by atoms with van der Waals surface area (Å²) >= 11 is 0. The first kappa shape index (κ1) is 32.2. The van der Waals surface area contributed by atoms with Crippen LogP contribution in [0.5, 0.6) is 5.75 Å². The number of benzene rings is 4. The van der Waals surface area contributed by atoms with Crippen LogP contribution in [-0.4, -0.2) is 38.9 Å². The molecule has 6 aromatic rings. The van der Waals surface area contributed by atoms with Gasteiger partial charge in [-0.1, -0.05) is 80.9 Å². The zero-order valence-electron chi connectivity index (χ0n) is 28.1. The van der Waals surface area contributed by atoms with Gasteiger partial charge in [0.2, 0.25) is 5.95 Å². The van der Waals surface area contributed by atoms with Crippen LogP contribution in [0.3, 0.4) is 0 Å². The van der Waals surface area contributed by atoms with Gasteiger partial charge in [-0.05, 0) is 56.3 Å². The van der Waals surface area contributed by atoms with Crippen molar-refractivity contribution < 1.29 is 9.53 Å². The van der Waals surface area contributed by atoms with E-state index in [4.69, 9.17) is 14.8 Å². The van der Waals surface area contributed by atoms with E-state index in [9.17, 15) is 4.79 Å². The number of hydrogen-bond donors (Lipinski definition) is 2. The third kappa shape index (κ3) is 7.31. The molecule has 0 aliphatic carbocycles. The third-order valence-corrected chi connectivity index (χ3v) is 8.07. The Morgan fingerprint density at radius 2 is 1.60 bits per heavy atom. The minimum Gasteiger partial charge on any atom is -0.493 e. The molecule has 0 bridgehead atoms. The Labute approximate surface area is 281 Å². The molecule has 2 aromatic heterocycles. The molecular formula is C39H41N7O2. The Kier molecular flexibility index (Phi) is 9.38. The van der Waals surface area contributed by atoms with Crippen LogP contribution in [0.2, 0.25) is 0 Å². The zero-order chi connectivity index (χ0) is 33.7. The Morgan fingerprint density at radius 3 is 2.33 bits per heavy atom. The van der Waals surface area contributed by atoms with E-state index in [0.29, 0.717) is 30.5 Å². The molecule has 2 N–H and O–H groups in total. The normalized spacial score (nSPS) is 11.4. The Bertz CT molecular complexity index is 2020. The molecule has 0 spiro atoms. The van der Waals surface area contributed by atoms with E-state index in [0.717, 1.165) is 51.4 Å². The quantitative estimate of drug-likeness (QED) is 0.155.